The highest BCUT2D eigenvalue weighted by Gasteiger charge is 2.40. The number of aliphatic hydroxyl groups is 1. The van der Waals surface area contributed by atoms with Gasteiger partial charge in [0.25, 0.3) is 0 Å². The van der Waals surface area contributed by atoms with E-state index in [-0.39, 0.29) is 0 Å². The lowest BCUT2D eigenvalue weighted by Crippen LogP contribution is -2.48. The third-order valence-corrected chi connectivity index (χ3v) is 3.78. The maximum atomic E-state index is 11.5. The van der Waals surface area contributed by atoms with Crippen molar-refractivity contribution in [2.24, 2.45) is 4.99 Å². The monoisotopic (exact) mass is 281 g/mol. The molecule has 0 saturated heterocycles. The number of aliphatic imine (C=N–C) groups is 1. The molecule has 3 rings (SSSR count). The Kier molecular flexibility index (Phi) is 3.71. The number of nitrogens with one attached hydrogen (secondary N) is 1. The number of pyridine rings is 1. The van der Waals surface area contributed by atoms with E-state index in [0.29, 0.717) is 11.5 Å². The van der Waals surface area contributed by atoms with Gasteiger partial charge in [-0.05, 0) is 30.5 Å². The first kappa shape index (κ1) is 13.8. The van der Waals surface area contributed by atoms with Crippen LogP contribution in [0.4, 0.5) is 0 Å². The van der Waals surface area contributed by atoms with E-state index in [1.807, 2.05) is 49.4 Å². The first-order chi connectivity index (χ1) is 10.2. The lowest BCUT2D eigenvalue weighted by atomic mass is 9.86. The van der Waals surface area contributed by atoms with Crippen molar-refractivity contribution < 1.29 is 5.11 Å². The van der Waals surface area contributed by atoms with Crippen LogP contribution in [0.1, 0.15) is 23.2 Å². The van der Waals surface area contributed by atoms with Crippen LogP contribution in [0.25, 0.3) is 0 Å². The molecular formula is C17H19N3O. The van der Waals surface area contributed by atoms with Crippen LogP contribution in [0.3, 0.4) is 0 Å². The molecule has 1 aromatic heterocycles. The average Bonchev–Trinajstić information content (AvgIpc) is 2.56. The van der Waals surface area contributed by atoms with Crippen molar-refractivity contribution in [2.45, 2.75) is 18.9 Å². The summed E-state index contributed by atoms with van der Waals surface area (Å²) in [6.45, 7) is 3.50. The van der Waals surface area contributed by atoms with Crippen LogP contribution in [-0.4, -0.2) is 29.0 Å². The minimum Gasteiger partial charge on any atom is -0.372 e. The fourth-order valence-electron chi connectivity index (χ4n) is 2.70. The maximum absolute atomic E-state index is 11.5. The fourth-order valence-corrected chi connectivity index (χ4v) is 2.70. The summed E-state index contributed by atoms with van der Waals surface area (Å²) in [6, 6.07) is 13.4. The predicted octanol–water partition coefficient (Wildman–Crippen LogP) is 2.02. The molecule has 1 aromatic carbocycles. The largest absolute Gasteiger partial charge is 0.372 e. The molecule has 1 aliphatic heterocycles. The van der Waals surface area contributed by atoms with Crippen molar-refractivity contribution in [3.8, 4) is 0 Å². The summed E-state index contributed by atoms with van der Waals surface area (Å²) >= 11 is 0. The predicted molar refractivity (Wildman–Crippen MR) is 83.3 cm³/mol. The number of aryl methyl sites for hydroxylation is 1. The molecule has 0 saturated carbocycles. The maximum Gasteiger partial charge on any atom is 0.189 e. The SMILES string of the molecule is Cc1cccnc1C(O)(C1=NCCCN1)c1ccccc1. The Morgan fingerprint density at radius 2 is 1.95 bits per heavy atom. The molecule has 21 heavy (non-hydrogen) atoms. The van der Waals surface area contributed by atoms with Crippen LogP contribution < -0.4 is 5.32 Å². The van der Waals surface area contributed by atoms with Gasteiger partial charge in [0.05, 0.1) is 5.69 Å². The first-order valence-electron chi connectivity index (χ1n) is 7.21. The minimum absolute atomic E-state index is 0.585. The number of rotatable bonds is 3. The van der Waals surface area contributed by atoms with Gasteiger partial charge in [0.1, 0.15) is 5.84 Å². The highest BCUT2D eigenvalue weighted by molar-refractivity contribution is 5.94. The first-order valence-corrected chi connectivity index (χ1v) is 7.21. The number of benzene rings is 1. The lowest BCUT2D eigenvalue weighted by molar-refractivity contribution is 0.144. The molecule has 4 heteroatoms. The summed E-state index contributed by atoms with van der Waals surface area (Å²) < 4.78 is 0. The Morgan fingerprint density at radius 3 is 2.62 bits per heavy atom. The number of hydrogen-bond donors (Lipinski definition) is 2. The Bertz CT molecular complexity index is 654. The van der Waals surface area contributed by atoms with Crippen LogP contribution in [-0.2, 0) is 5.60 Å². The van der Waals surface area contributed by atoms with Gasteiger partial charge in [0, 0.05) is 19.3 Å². The topological polar surface area (TPSA) is 57.5 Å². The zero-order valence-corrected chi connectivity index (χ0v) is 12.1. The van der Waals surface area contributed by atoms with Crippen molar-refractivity contribution >= 4 is 5.84 Å². The molecule has 0 amide bonds. The number of aromatic nitrogens is 1. The standard InChI is InChI=1S/C17H19N3O/c1-13-7-5-10-18-15(13)17(21,14-8-3-2-4-9-14)16-19-11-6-12-20-16/h2-5,7-10,21H,6,11-12H2,1H3,(H,19,20). The van der Waals surface area contributed by atoms with E-state index in [2.05, 4.69) is 15.3 Å². The van der Waals surface area contributed by atoms with Crippen LogP contribution >= 0.6 is 0 Å². The smallest absolute Gasteiger partial charge is 0.189 e. The summed E-state index contributed by atoms with van der Waals surface area (Å²) in [4.78, 5) is 8.94. The van der Waals surface area contributed by atoms with Gasteiger partial charge in [-0.1, -0.05) is 36.4 Å². The third-order valence-electron chi connectivity index (χ3n) is 3.78. The van der Waals surface area contributed by atoms with Crippen molar-refractivity contribution in [3.05, 3.63) is 65.5 Å². The third kappa shape index (κ3) is 2.43. The normalized spacial score (nSPS) is 17.5. The Labute approximate surface area is 124 Å². The molecule has 1 unspecified atom stereocenters. The molecule has 0 aliphatic carbocycles. The Morgan fingerprint density at radius 1 is 1.14 bits per heavy atom. The number of hydrogen-bond acceptors (Lipinski definition) is 4. The highest BCUT2D eigenvalue weighted by atomic mass is 16.3. The second-order valence-corrected chi connectivity index (χ2v) is 5.26. The van der Waals surface area contributed by atoms with E-state index in [0.717, 1.165) is 30.6 Å². The van der Waals surface area contributed by atoms with Crippen LogP contribution in [0.2, 0.25) is 0 Å². The molecule has 4 nitrogen and oxygen atoms in total. The molecule has 2 N–H and O–H groups in total. The van der Waals surface area contributed by atoms with Gasteiger partial charge < -0.3 is 10.4 Å². The lowest BCUT2D eigenvalue weighted by Gasteiger charge is -2.33. The molecule has 0 spiro atoms. The van der Waals surface area contributed by atoms with E-state index in [4.69, 9.17) is 0 Å². The number of amidine groups is 1. The van der Waals surface area contributed by atoms with Crippen LogP contribution in [0, 0.1) is 6.92 Å². The molecule has 2 aromatic rings. The molecule has 1 aliphatic rings. The molecular weight excluding hydrogens is 262 g/mol. The summed E-state index contributed by atoms with van der Waals surface area (Å²) in [7, 11) is 0. The molecule has 2 heterocycles. The Hall–Kier alpha value is -2.20. The molecule has 108 valence electrons. The molecule has 0 bridgehead atoms. The second-order valence-electron chi connectivity index (χ2n) is 5.26. The molecule has 0 radical (unpaired) electrons. The van der Waals surface area contributed by atoms with E-state index in [1.54, 1.807) is 6.20 Å². The number of nitrogens with zero attached hydrogens (tertiary/aromatic N) is 2. The van der Waals surface area contributed by atoms with Crippen molar-refractivity contribution in [2.75, 3.05) is 13.1 Å². The quantitative estimate of drug-likeness (QED) is 0.905. The van der Waals surface area contributed by atoms with E-state index in [1.165, 1.54) is 0 Å². The molecule has 0 fully saturated rings. The van der Waals surface area contributed by atoms with E-state index >= 15 is 0 Å². The summed E-state index contributed by atoms with van der Waals surface area (Å²) in [6.07, 6.45) is 2.69. The zero-order valence-electron chi connectivity index (χ0n) is 12.1. The van der Waals surface area contributed by atoms with Gasteiger partial charge in [-0.25, -0.2) is 0 Å². The zero-order chi connectivity index (χ0) is 14.7. The Balaban J connectivity index is 2.20. The van der Waals surface area contributed by atoms with Crippen LogP contribution in [0.15, 0.2) is 53.7 Å². The van der Waals surface area contributed by atoms with E-state index < -0.39 is 5.60 Å². The van der Waals surface area contributed by atoms with Crippen molar-refractivity contribution in [1.29, 1.82) is 0 Å². The van der Waals surface area contributed by atoms with E-state index in [9.17, 15) is 5.11 Å². The summed E-state index contributed by atoms with van der Waals surface area (Å²) in [5.74, 6) is 0.585. The summed E-state index contributed by atoms with van der Waals surface area (Å²) in [5.41, 5.74) is 1.02. The van der Waals surface area contributed by atoms with Gasteiger partial charge in [0.2, 0.25) is 0 Å². The van der Waals surface area contributed by atoms with Gasteiger partial charge >= 0.3 is 0 Å². The van der Waals surface area contributed by atoms with Gasteiger partial charge in [-0.3, -0.25) is 9.98 Å². The van der Waals surface area contributed by atoms with Crippen molar-refractivity contribution in [3.63, 3.8) is 0 Å². The second kappa shape index (κ2) is 5.66. The average molecular weight is 281 g/mol. The molecule has 1 atom stereocenters. The van der Waals surface area contributed by atoms with Crippen LogP contribution in [0.5, 0.6) is 0 Å². The van der Waals surface area contributed by atoms with Gasteiger partial charge in [-0.15, -0.1) is 0 Å². The highest BCUT2D eigenvalue weighted by Crippen LogP contribution is 2.31. The van der Waals surface area contributed by atoms with Crippen molar-refractivity contribution in [1.82, 2.24) is 10.3 Å². The summed E-state index contributed by atoms with van der Waals surface area (Å²) in [5, 5.41) is 14.7. The van der Waals surface area contributed by atoms with Gasteiger partial charge in [-0.2, -0.15) is 0 Å². The fraction of sp³-hybridized carbons (Fsp3) is 0.294. The minimum atomic E-state index is -1.33. The van der Waals surface area contributed by atoms with Gasteiger partial charge in [0.15, 0.2) is 5.60 Å².